The minimum absolute atomic E-state index is 0.141. The van der Waals surface area contributed by atoms with Crippen molar-refractivity contribution in [3.63, 3.8) is 0 Å². The van der Waals surface area contributed by atoms with Gasteiger partial charge in [-0.1, -0.05) is 12.1 Å². The third-order valence-corrected chi connectivity index (χ3v) is 3.85. The van der Waals surface area contributed by atoms with E-state index < -0.39 is 12.0 Å². The second-order valence-electron chi connectivity index (χ2n) is 6.27. The predicted molar refractivity (Wildman–Crippen MR) is 105 cm³/mol. The molecule has 0 aliphatic rings. The number of carbonyl (C=O) groups is 2. The van der Waals surface area contributed by atoms with Crippen LogP contribution in [0.3, 0.4) is 0 Å². The van der Waals surface area contributed by atoms with Gasteiger partial charge in [0.1, 0.15) is 6.04 Å². The monoisotopic (exact) mass is 368 g/mol. The molecule has 0 aliphatic heterocycles. The predicted octanol–water partition coefficient (Wildman–Crippen LogP) is 3.39. The molecule has 0 aromatic heterocycles. The number of amides is 1. The molecule has 0 saturated heterocycles. The Labute approximate surface area is 159 Å². The highest BCUT2D eigenvalue weighted by molar-refractivity contribution is 5.85. The molecule has 2 rings (SSSR count). The lowest BCUT2D eigenvalue weighted by atomic mass is 10.1. The number of methoxy groups -OCH3 is 1. The Hall–Kier alpha value is -3.22. The van der Waals surface area contributed by atoms with E-state index in [0.29, 0.717) is 5.69 Å². The van der Waals surface area contributed by atoms with Crippen LogP contribution >= 0.6 is 0 Å². The molecule has 1 amide bonds. The van der Waals surface area contributed by atoms with Gasteiger partial charge in [0.2, 0.25) is 5.91 Å². The summed E-state index contributed by atoms with van der Waals surface area (Å²) in [5.41, 5.74) is 3.26. The summed E-state index contributed by atoms with van der Waals surface area (Å²) in [6.07, 6.45) is 0.141. The molecule has 142 valence electrons. The topological polar surface area (TPSA) is 83.4 Å². The van der Waals surface area contributed by atoms with Crippen LogP contribution in [0.2, 0.25) is 0 Å². The Morgan fingerprint density at radius 2 is 1.74 bits per heavy atom. The van der Waals surface area contributed by atoms with Gasteiger partial charge in [-0.2, -0.15) is 10.2 Å². The van der Waals surface area contributed by atoms with E-state index in [-0.39, 0.29) is 12.3 Å². The minimum Gasteiger partial charge on any atom is -0.467 e. The molecule has 7 heteroatoms. The van der Waals surface area contributed by atoms with Crippen molar-refractivity contribution < 1.29 is 14.3 Å². The Morgan fingerprint density at radius 1 is 1.07 bits per heavy atom. The summed E-state index contributed by atoms with van der Waals surface area (Å²) in [6.45, 7) is 1.58. The van der Waals surface area contributed by atoms with Crippen molar-refractivity contribution in [3.05, 3.63) is 54.1 Å². The van der Waals surface area contributed by atoms with Gasteiger partial charge in [0, 0.05) is 19.8 Å². The molecule has 0 radical (unpaired) electrons. The van der Waals surface area contributed by atoms with E-state index >= 15 is 0 Å². The van der Waals surface area contributed by atoms with E-state index in [1.54, 1.807) is 13.0 Å². The molecule has 2 aromatic rings. The van der Waals surface area contributed by atoms with Gasteiger partial charge in [0.05, 0.1) is 24.9 Å². The molecule has 0 heterocycles. The molecule has 1 atom stereocenters. The SMILES string of the molecule is COC(=O)[C@H](C)NC(=O)Cc1cccc(N=Nc2ccc(N(C)C)cc2)c1. The molecular formula is C20H24N4O3. The minimum atomic E-state index is -0.685. The number of carbonyl (C=O) groups excluding carboxylic acids is 2. The lowest BCUT2D eigenvalue weighted by molar-refractivity contribution is -0.144. The highest BCUT2D eigenvalue weighted by Gasteiger charge is 2.15. The average Bonchev–Trinajstić information content (AvgIpc) is 2.66. The van der Waals surface area contributed by atoms with E-state index in [1.807, 2.05) is 61.5 Å². The quantitative estimate of drug-likeness (QED) is 0.600. The zero-order valence-electron chi connectivity index (χ0n) is 16.0. The fraction of sp³-hybridized carbons (Fsp3) is 0.300. The Kier molecular flexibility index (Phi) is 7.05. The van der Waals surface area contributed by atoms with Gasteiger partial charge in [-0.15, -0.1) is 0 Å². The fourth-order valence-electron chi connectivity index (χ4n) is 2.38. The van der Waals surface area contributed by atoms with E-state index in [4.69, 9.17) is 0 Å². The van der Waals surface area contributed by atoms with E-state index in [0.717, 1.165) is 16.9 Å². The molecule has 27 heavy (non-hydrogen) atoms. The molecule has 1 N–H and O–H groups in total. The fourth-order valence-corrected chi connectivity index (χ4v) is 2.38. The second-order valence-corrected chi connectivity index (χ2v) is 6.27. The third kappa shape index (κ3) is 6.22. The van der Waals surface area contributed by atoms with Gasteiger partial charge in [0.15, 0.2) is 0 Å². The zero-order valence-corrected chi connectivity index (χ0v) is 16.0. The number of anilines is 1. The molecule has 0 fully saturated rings. The lowest BCUT2D eigenvalue weighted by Gasteiger charge is -2.11. The number of hydrogen-bond donors (Lipinski definition) is 1. The molecule has 0 saturated carbocycles. The summed E-state index contributed by atoms with van der Waals surface area (Å²) < 4.78 is 4.59. The number of hydrogen-bond acceptors (Lipinski definition) is 6. The Morgan fingerprint density at radius 3 is 2.37 bits per heavy atom. The van der Waals surface area contributed by atoms with Crippen molar-refractivity contribution in [2.45, 2.75) is 19.4 Å². The van der Waals surface area contributed by atoms with Crippen LogP contribution in [-0.2, 0) is 20.7 Å². The van der Waals surface area contributed by atoms with Crippen LogP contribution in [0, 0.1) is 0 Å². The number of rotatable bonds is 7. The van der Waals surface area contributed by atoms with Crippen LogP contribution < -0.4 is 10.2 Å². The van der Waals surface area contributed by atoms with Crippen molar-refractivity contribution >= 4 is 28.9 Å². The highest BCUT2D eigenvalue weighted by atomic mass is 16.5. The maximum Gasteiger partial charge on any atom is 0.328 e. The number of azo groups is 1. The molecule has 7 nitrogen and oxygen atoms in total. The molecule has 2 aromatic carbocycles. The number of ether oxygens (including phenoxy) is 1. The van der Waals surface area contributed by atoms with Crippen LogP contribution in [-0.4, -0.2) is 39.1 Å². The van der Waals surface area contributed by atoms with Crippen molar-refractivity contribution in [3.8, 4) is 0 Å². The Balaban J connectivity index is 2.00. The summed E-state index contributed by atoms with van der Waals surface area (Å²) in [7, 11) is 5.24. The van der Waals surface area contributed by atoms with Gasteiger partial charge in [0.25, 0.3) is 0 Å². The van der Waals surface area contributed by atoms with Crippen molar-refractivity contribution in [2.24, 2.45) is 10.2 Å². The van der Waals surface area contributed by atoms with Crippen LogP contribution in [0.4, 0.5) is 17.1 Å². The van der Waals surface area contributed by atoms with Crippen molar-refractivity contribution in [2.75, 3.05) is 26.1 Å². The summed E-state index contributed by atoms with van der Waals surface area (Å²) in [4.78, 5) is 25.4. The normalized spacial score (nSPS) is 11.9. The van der Waals surface area contributed by atoms with Gasteiger partial charge < -0.3 is 15.0 Å². The van der Waals surface area contributed by atoms with Crippen molar-refractivity contribution in [1.29, 1.82) is 0 Å². The maximum atomic E-state index is 12.0. The molecule has 0 bridgehead atoms. The Bertz CT molecular complexity index is 816. The third-order valence-electron chi connectivity index (χ3n) is 3.85. The molecule has 0 unspecified atom stereocenters. The highest BCUT2D eigenvalue weighted by Crippen LogP contribution is 2.22. The molecule has 0 spiro atoms. The number of esters is 1. The standard InChI is InChI=1S/C20H24N4O3/c1-14(20(26)27-4)21-19(25)13-15-6-5-7-17(12-15)23-22-16-8-10-18(11-9-16)24(2)3/h5-12,14H,13H2,1-4H3,(H,21,25)/t14-/m0/s1. The number of benzene rings is 2. The van der Waals surface area contributed by atoms with E-state index in [2.05, 4.69) is 20.3 Å². The number of nitrogens with one attached hydrogen (secondary N) is 1. The van der Waals surface area contributed by atoms with Crippen LogP contribution in [0.1, 0.15) is 12.5 Å². The van der Waals surface area contributed by atoms with Gasteiger partial charge in [-0.3, -0.25) is 4.79 Å². The maximum absolute atomic E-state index is 12.0. The number of nitrogens with zero attached hydrogens (tertiary/aromatic N) is 3. The molecular weight excluding hydrogens is 344 g/mol. The van der Waals surface area contributed by atoms with Crippen molar-refractivity contribution in [1.82, 2.24) is 5.32 Å². The van der Waals surface area contributed by atoms with Crippen LogP contribution in [0.15, 0.2) is 58.8 Å². The summed E-state index contributed by atoms with van der Waals surface area (Å²) in [5.74, 6) is -0.743. The van der Waals surface area contributed by atoms with E-state index in [1.165, 1.54) is 7.11 Å². The first kappa shape index (κ1) is 20.1. The lowest BCUT2D eigenvalue weighted by Crippen LogP contribution is -2.39. The smallest absolute Gasteiger partial charge is 0.328 e. The molecule has 0 aliphatic carbocycles. The first-order valence-electron chi connectivity index (χ1n) is 8.54. The average molecular weight is 368 g/mol. The summed E-state index contributed by atoms with van der Waals surface area (Å²) >= 11 is 0. The van der Waals surface area contributed by atoms with Crippen LogP contribution in [0.5, 0.6) is 0 Å². The first-order valence-corrected chi connectivity index (χ1v) is 8.54. The van der Waals surface area contributed by atoms with Gasteiger partial charge in [-0.05, 0) is 48.9 Å². The van der Waals surface area contributed by atoms with Gasteiger partial charge in [-0.25, -0.2) is 4.79 Å². The zero-order chi connectivity index (χ0) is 19.8. The second kappa shape index (κ2) is 9.47. The first-order chi connectivity index (χ1) is 12.9. The van der Waals surface area contributed by atoms with E-state index in [9.17, 15) is 9.59 Å². The van der Waals surface area contributed by atoms with Gasteiger partial charge >= 0.3 is 5.97 Å². The largest absolute Gasteiger partial charge is 0.467 e. The summed E-state index contributed by atoms with van der Waals surface area (Å²) in [6, 6.07) is 14.3. The van der Waals surface area contributed by atoms with Crippen LogP contribution in [0.25, 0.3) is 0 Å². The summed E-state index contributed by atoms with van der Waals surface area (Å²) in [5, 5.41) is 11.1.